The molecule has 0 radical (unpaired) electrons. The van der Waals surface area contributed by atoms with Gasteiger partial charge in [0.2, 0.25) is 5.43 Å². The molecular formula is C20H3Cl4I4NO5. The predicted octanol–water partition coefficient (Wildman–Crippen LogP) is 9.21. The lowest BCUT2D eigenvalue weighted by Gasteiger charge is -2.21. The molecule has 0 aromatic heterocycles. The fourth-order valence-corrected chi connectivity index (χ4v) is 7.98. The Morgan fingerprint density at radius 3 is 2.12 bits per heavy atom. The summed E-state index contributed by atoms with van der Waals surface area (Å²) in [6.45, 7) is 0. The van der Waals surface area contributed by atoms with E-state index in [4.69, 9.17) is 50.8 Å². The maximum absolute atomic E-state index is 12.7. The first-order valence-corrected chi connectivity index (χ1v) is 14.4. The monoisotopic (exact) mass is 984 g/mol. The number of hydrogen-bond acceptors (Lipinski definition) is 5. The van der Waals surface area contributed by atoms with Crippen molar-refractivity contribution in [3.63, 3.8) is 0 Å². The number of amides is 1. The Bertz CT molecular complexity index is 1620. The number of nitrogens with zero attached hydrogens (tertiary/aromatic N) is 1. The first-order chi connectivity index (χ1) is 15.9. The smallest absolute Gasteiger partial charge is 0.319 e. The molecule has 0 spiro atoms. The summed E-state index contributed by atoms with van der Waals surface area (Å²) in [4.78, 5) is 36.6. The summed E-state index contributed by atoms with van der Waals surface area (Å²) in [7, 11) is 0. The van der Waals surface area contributed by atoms with Crippen molar-refractivity contribution in [3.8, 4) is 28.2 Å². The zero-order valence-corrected chi connectivity index (χ0v) is 27.4. The number of benzene rings is 3. The van der Waals surface area contributed by atoms with Gasteiger partial charge in [-0.15, -0.1) is 4.91 Å². The largest absolute Gasteiger partial charge is 0.506 e. The van der Waals surface area contributed by atoms with Crippen LogP contribution < -0.4 is 5.43 Å². The molecule has 2 aliphatic rings. The Hall–Kier alpha value is 0.280. The van der Waals surface area contributed by atoms with Gasteiger partial charge in [-0.1, -0.05) is 46.4 Å². The number of hydrogen-bond donors (Lipinski definition) is 1. The second-order valence-electron chi connectivity index (χ2n) is 6.66. The molecule has 2 aromatic carbocycles. The lowest BCUT2D eigenvalue weighted by Crippen LogP contribution is -2.12. The third kappa shape index (κ3) is 4.24. The van der Waals surface area contributed by atoms with Crippen molar-refractivity contribution < 1.29 is 14.3 Å². The quantitative estimate of drug-likeness (QED) is 0.0711. The second kappa shape index (κ2) is 10.2. The van der Waals surface area contributed by atoms with Crippen molar-refractivity contribution in [2.24, 2.45) is 5.18 Å². The van der Waals surface area contributed by atoms with E-state index in [9.17, 15) is 19.6 Å². The minimum Gasteiger partial charge on any atom is -0.506 e. The van der Waals surface area contributed by atoms with Crippen molar-refractivity contribution in [3.05, 3.63) is 67.2 Å². The van der Waals surface area contributed by atoms with E-state index in [0.717, 1.165) is 0 Å². The highest BCUT2D eigenvalue weighted by molar-refractivity contribution is 14.1. The molecule has 1 amide bonds. The minimum absolute atomic E-state index is 0.000921. The summed E-state index contributed by atoms with van der Waals surface area (Å²) < 4.78 is 7.57. The highest BCUT2D eigenvalue weighted by atomic mass is 127. The molecule has 174 valence electrons. The van der Waals surface area contributed by atoms with Crippen LogP contribution in [0.15, 0.2) is 26.5 Å². The summed E-state index contributed by atoms with van der Waals surface area (Å²) in [6.07, 6.45) is 0. The average Bonchev–Trinajstić information content (AvgIpc) is 2.81. The molecule has 0 unspecified atom stereocenters. The number of aromatic hydroxyl groups is 1. The number of fused-ring (bicyclic) bond motifs is 2. The minimum atomic E-state index is -1.21. The first kappa shape index (κ1) is 27.3. The van der Waals surface area contributed by atoms with Gasteiger partial charge in [-0.05, 0) is 102 Å². The van der Waals surface area contributed by atoms with E-state index in [1.54, 1.807) is 12.1 Å². The van der Waals surface area contributed by atoms with Crippen molar-refractivity contribution >= 4 is 154 Å². The Kier molecular flexibility index (Phi) is 8.20. The average molecular weight is 987 g/mol. The second-order valence-corrected chi connectivity index (χ2v) is 12.6. The van der Waals surface area contributed by atoms with Gasteiger partial charge in [0, 0.05) is 27.3 Å². The zero-order valence-electron chi connectivity index (χ0n) is 15.7. The van der Waals surface area contributed by atoms with Gasteiger partial charge in [-0.2, -0.15) is 0 Å². The number of carbonyl (C=O) groups is 1. The van der Waals surface area contributed by atoms with E-state index in [2.05, 4.69) is 5.18 Å². The molecule has 0 saturated carbocycles. The van der Waals surface area contributed by atoms with Crippen LogP contribution in [0.25, 0.3) is 33.4 Å². The van der Waals surface area contributed by atoms with Crippen LogP contribution in [0.3, 0.4) is 0 Å². The highest BCUT2D eigenvalue weighted by Gasteiger charge is 2.32. The van der Waals surface area contributed by atoms with Crippen molar-refractivity contribution in [2.75, 3.05) is 0 Å². The molecule has 1 aliphatic heterocycles. The first-order valence-electron chi connectivity index (χ1n) is 8.61. The highest BCUT2D eigenvalue weighted by Crippen LogP contribution is 2.52. The van der Waals surface area contributed by atoms with E-state index >= 15 is 0 Å². The van der Waals surface area contributed by atoms with Crippen LogP contribution in [0.5, 0.6) is 5.75 Å². The van der Waals surface area contributed by atoms with E-state index in [0.29, 0.717) is 27.2 Å². The Morgan fingerprint density at radius 1 is 0.882 bits per heavy atom. The molecule has 34 heavy (non-hydrogen) atoms. The predicted molar refractivity (Wildman–Crippen MR) is 167 cm³/mol. The molecule has 0 fully saturated rings. The van der Waals surface area contributed by atoms with Crippen LogP contribution in [-0.4, -0.2) is 11.0 Å². The molecule has 6 nitrogen and oxygen atoms in total. The number of carbonyl (C=O) groups excluding carboxylic acids is 1. The molecule has 4 rings (SSSR count). The van der Waals surface area contributed by atoms with E-state index < -0.39 is 5.91 Å². The van der Waals surface area contributed by atoms with Crippen LogP contribution in [0.4, 0.5) is 0 Å². The standard InChI is InChI=1S/C20H3Cl4I4NO5/c21-10-8(9(20(32)29-33)11(22)13(24)12(10)23)7-3-1-5(25)16(30)14(27)18(3)34-19-4(7)2-6(26)17(31)15(19)28/h1-2,30H. The fourth-order valence-electron chi connectivity index (χ4n) is 3.38. The normalized spacial score (nSPS) is 11.4. The molecule has 0 atom stereocenters. The Morgan fingerprint density at radius 2 is 1.50 bits per heavy atom. The maximum atomic E-state index is 12.7. The van der Waals surface area contributed by atoms with Crippen LogP contribution in [0.1, 0.15) is 10.4 Å². The van der Waals surface area contributed by atoms with Crippen LogP contribution in [0.2, 0.25) is 20.1 Å². The molecule has 1 aliphatic carbocycles. The van der Waals surface area contributed by atoms with E-state index in [1.165, 1.54) is 0 Å². The maximum Gasteiger partial charge on any atom is 0.319 e. The number of phenolic OH excluding ortho intramolecular Hbond substituents is 1. The van der Waals surface area contributed by atoms with Gasteiger partial charge in [0.15, 0.2) is 11.3 Å². The lowest BCUT2D eigenvalue weighted by atomic mass is 9.90. The summed E-state index contributed by atoms with van der Waals surface area (Å²) >= 11 is 33.1. The molecule has 14 heteroatoms. The number of halogens is 8. The topological polar surface area (TPSA) is 96.9 Å². The summed E-state index contributed by atoms with van der Waals surface area (Å²) in [5, 5.41) is 12.7. The van der Waals surface area contributed by atoms with Gasteiger partial charge < -0.3 is 9.52 Å². The number of rotatable bonds is 2. The summed E-state index contributed by atoms with van der Waals surface area (Å²) in [5.74, 6) is -1.06. The lowest BCUT2D eigenvalue weighted by molar-refractivity contribution is 0.100. The third-order valence-electron chi connectivity index (χ3n) is 4.84. The Balaban J connectivity index is 2.43. The number of phenols is 1. The summed E-state index contributed by atoms with van der Waals surface area (Å²) in [6, 6.07) is 3.19. The molecular weight excluding hydrogens is 984 g/mol. The van der Waals surface area contributed by atoms with Crippen LogP contribution >= 0.6 is 137 Å². The van der Waals surface area contributed by atoms with Gasteiger partial charge in [0.1, 0.15) is 9.32 Å². The molecule has 1 N–H and O–H groups in total. The molecule has 1 heterocycles. The molecule has 2 aromatic rings. The van der Waals surface area contributed by atoms with E-state index in [-0.39, 0.29) is 57.3 Å². The van der Waals surface area contributed by atoms with Gasteiger partial charge in [-0.25, -0.2) is 0 Å². The van der Waals surface area contributed by atoms with E-state index in [1.807, 2.05) is 90.4 Å². The molecule has 0 saturated heterocycles. The zero-order chi connectivity index (χ0) is 25.2. The van der Waals surface area contributed by atoms with Crippen LogP contribution in [0, 0.1) is 19.2 Å². The van der Waals surface area contributed by atoms with Gasteiger partial charge in [0.05, 0.1) is 36.4 Å². The fraction of sp³-hybridized carbons (Fsp3) is 0. The van der Waals surface area contributed by atoms with Gasteiger partial charge >= 0.3 is 5.91 Å². The van der Waals surface area contributed by atoms with Crippen molar-refractivity contribution in [2.45, 2.75) is 0 Å². The Labute approximate surface area is 264 Å². The number of nitroso groups, excluding NO2 is 1. The van der Waals surface area contributed by atoms with Gasteiger partial charge in [0.25, 0.3) is 0 Å². The van der Waals surface area contributed by atoms with Gasteiger partial charge in [-0.3, -0.25) is 9.59 Å². The van der Waals surface area contributed by atoms with Crippen molar-refractivity contribution in [1.82, 2.24) is 0 Å². The third-order valence-corrected chi connectivity index (χ3v) is 10.2. The molecule has 0 bridgehead atoms. The summed E-state index contributed by atoms with van der Waals surface area (Å²) in [5.41, 5.74) is 0.305. The SMILES string of the molecule is O=NC(=O)c1c(Cl)c(Cl)c(Cl)c(Cl)c1-c1c2cc(I)c(=O)c(I)c-2oc2c(I)c(O)c(I)cc12. The van der Waals surface area contributed by atoms with Crippen molar-refractivity contribution in [1.29, 1.82) is 0 Å². The van der Waals surface area contributed by atoms with Crippen LogP contribution in [-0.2, 0) is 0 Å².